The molecule has 0 bridgehead atoms. The van der Waals surface area contributed by atoms with E-state index < -0.39 is 0 Å². The summed E-state index contributed by atoms with van der Waals surface area (Å²) in [7, 11) is 0. The molecule has 3 rings (SSSR count). The minimum Gasteiger partial charge on any atom is -0.374 e. The van der Waals surface area contributed by atoms with Crippen molar-refractivity contribution < 1.29 is 9.53 Å². The summed E-state index contributed by atoms with van der Waals surface area (Å²) in [4.78, 5) is 12.7. The van der Waals surface area contributed by atoms with Gasteiger partial charge in [-0.15, -0.1) is 0 Å². The number of carbonyl (C=O) groups excluding carboxylic acids is 1. The molecular weight excluding hydrogens is 374 g/mol. The van der Waals surface area contributed by atoms with Crippen molar-refractivity contribution in [3.8, 4) is 5.69 Å². The summed E-state index contributed by atoms with van der Waals surface area (Å²) < 4.78 is 7.42. The second kappa shape index (κ2) is 9.04. The van der Waals surface area contributed by atoms with Gasteiger partial charge < -0.3 is 10.1 Å². The zero-order chi connectivity index (χ0) is 20.1. The zero-order valence-corrected chi connectivity index (χ0v) is 17.0. The number of amides is 1. The Morgan fingerprint density at radius 2 is 1.93 bits per heavy atom. The molecule has 28 heavy (non-hydrogen) atoms. The molecule has 0 unspecified atom stereocenters. The van der Waals surface area contributed by atoms with Crippen LogP contribution in [0.1, 0.15) is 41.0 Å². The van der Waals surface area contributed by atoms with Crippen LogP contribution in [0.5, 0.6) is 0 Å². The van der Waals surface area contributed by atoms with Gasteiger partial charge in [-0.3, -0.25) is 4.79 Å². The Hall–Kier alpha value is -2.63. The lowest BCUT2D eigenvalue weighted by atomic mass is 10.1. The highest BCUT2D eigenvalue weighted by Crippen LogP contribution is 2.18. The highest BCUT2D eigenvalue weighted by atomic mass is 35.5. The summed E-state index contributed by atoms with van der Waals surface area (Å²) in [6, 6.07) is 15.3. The first-order valence-corrected chi connectivity index (χ1v) is 9.60. The maximum absolute atomic E-state index is 12.7. The lowest BCUT2D eigenvalue weighted by Gasteiger charge is -2.13. The summed E-state index contributed by atoms with van der Waals surface area (Å²) in [5, 5.41) is 7.96. The fourth-order valence-corrected chi connectivity index (χ4v) is 3.08. The van der Waals surface area contributed by atoms with E-state index >= 15 is 0 Å². The normalized spacial score (nSPS) is 11.0. The first kappa shape index (κ1) is 20.1. The summed E-state index contributed by atoms with van der Waals surface area (Å²) >= 11 is 6.06. The number of hydrogen-bond donors (Lipinski definition) is 1. The summed E-state index contributed by atoms with van der Waals surface area (Å²) in [6.07, 6.45) is 1.74. The number of nitrogens with one attached hydrogen (secondary N) is 1. The van der Waals surface area contributed by atoms with Crippen molar-refractivity contribution in [3.63, 3.8) is 0 Å². The Kier molecular flexibility index (Phi) is 6.49. The third-order valence-electron chi connectivity index (χ3n) is 4.44. The summed E-state index contributed by atoms with van der Waals surface area (Å²) in [6.45, 7) is 6.83. The van der Waals surface area contributed by atoms with E-state index in [1.165, 1.54) is 0 Å². The second-order valence-electron chi connectivity index (χ2n) is 6.85. The van der Waals surface area contributed by atoms with Crippen molar-refractivity contribution in [1.82, 2.24) is 15.1 Å². The van der Waals surface area contributed by atoms with Crippen LogP contribution < -0.4 is 5.32 Å². The van der Waals surface area contributed by atoms with Crippen molar-refractivity contribution in [2.45, 2.75) is 40.0 Å². The second-order valence-corrected chi connectivity index (χ2v) is 7.28. The minimum absolute atomic E-state index is 0.155. The predicted octanol–water partition coefficient (Wildman–Crippen LogP) is 4.69. The molecule has 146 valence electrons. The highest BCUT2D eigenvalue weighted by molar-refractivity contribution is 6.30. The molecule has 1 heterocycles. The van der Waals surface area contributed by atoms with Gasteiger partial charge in [0.25, 0.3) is 5.91 Å². The molecular formula is C22H24ClN3O2. The molecule has 1 N–H and O–H groups in total. The highest BCUT2D eigenvalue weighted by Gasteiger charge is 2.15. The summed E-state index contributed by atoms with van der Waals surface area (Å²) in [5.74, 6) is -0.162. The number of rotatable bonds is 7. The molecule has 0 saturated heterocycles. The van der Waals surface area contributed by atoms with Crippen molar-refractivity contribution in [2.75, 3.05) is 0 Å². The Bertz CT molecular complexity index is 966. The van der Waals surface area contributed by atoms with Gasteiger partial charge in [-0.05, 0) is 50.1 Å². The first-order chi connectivity index (χ1) is 13.5. The molecule has 0 radical (unpaired) electrons. The smallest absolute Gasteiger partial charge is 0.255 e. The van der Waals surface area contributed by atoms with Gasteiger partial charge in [-0.1, -0.05) is 41.9 Å². The molecule has 2 aromatic carbocycles. The lowest BCUT2D eigenvalue weighted by Crippen LogP contribution is -2.24. The van der Waals surface area contributed by atoms with Crippen LogP contribution in [-0.4, -0.2) is 21.8 Å². The molecule has 3 aromatic rings. The van der Waals surface area contributed by atoms with E-state index in [9.17, 15) is 4.79 Å². The fraction of sp³-hybridized carbons (Fsp3) is 0.273. The molecule has 5 nitrogen and oxygen atoms in total. The molecule has 1 amide bonds. The largest absolute Gasteiger partial charge is 0.374 e. The topological polar surface area (TPSA) is 56.1 Å². The monoisotopic (exact) mass is 397 g/mol. The van der Waals surface area contributed by atoms with Gasteiger partial charge in [0, 0.05) is 11.6 Å². The van der Waals surface area contributed by atoms with Gasteiger partial charge in [0.1, 0.15) is 0 Å². The minimum atomic E-state index is -0.162. The van der Waals surface area contributed by atoms with E-state index in [0.717, 1.165) is 22.5 Å². The van der Waals surface area contributed by atoms with Gasteiger partial charge in [0.05, 0.1) is 35.9 Å². The molecule has 0 aliphatic carbocycles. The average molecular weight is 398 g/mol. The van der Waals surface area contributed by atoms with Gasteiger partial charge in [0.15, 0.2) is 0 Å². The maximum atomic E-state index is 12.7. The summed E-state index contributed by atoms with van der Waals surface area (Å²) in [5.41, 5.74) is 4.23. The standard InChI is InChI=1S/C22H24ClN3O2/c1-15(2)28-14-18-8-5-4-7-17(18)12-24-22(27)21-13-25-26(16(21)3)20-10-6-9-19(23)11-20/h4-11,13,15H,12,14H2,1-3H3,(H,24,27). The van der Waals surface area contributed by atoms with Crippen LogP contribution in [0, 0.1) is 6.92 Å². The number of nitrogens with zero attached hydrogens (tertiary/aromatic N) is 2. The Balaban J connectivity index is 1.71. The number of hydrogen-bond acceptors (Lipinski definition) is 3. The lowest BCUT2D eigenvalue weighted by molar-refractivity contribution is 0.0651. The van der Waals surface area contributed by atoms with Gasteiger partial charge in [0.2, 0.25) is 0 Å². The third kappa shape index (κ3) is 4.80. The van der Waals surface area contributed by atoms with E-state index in [-0.39, 0.29) is 12.0 Å². The molecule has 1 aromatic heterocycles. The Labute approximate surface area is 170 Å². The van der Waals surface area contributed by atoms with Crippen molar-refractivity contribution >= 4 is 17.5 Å². The molecule has 6 heteroatoms. The number of aromatic nitrogens is 2. The average Bonchev–Trinajstić information content (AvgIpc) is 3.06. The quantitative estimate of drug-likeness (QED) is 0.629. The Morgan fingerprint density at radius 1 is 1.18 bits per heavy atom. The Morgan fingerprint density at radius 3 is 2.64 bits per heavy atom. The van der Waals surface area contributed by atoms with Crippen LogP contribution in [0.25, 0.3) is 5.69 Å². The molecule has 0 saturated carbocycles. The van der Waals surface area contributed by atoms with E-state index in [0.29, 0.717) is 23.7 Å². The van der Waals surface area contributed by atoms with Crippen LogP contribution >= 0.6 is 11.6 Å². The number of carbonyl (C=O) groups is 1. The van der Waals surface area contributed by atoms with Crippen LogP contribution in [0.15, 0.2) is 54.7 Å². The van der Waals surface area contributed by atoms with Crippen LogP contribution in [0.2, 0.25) is 5.02 Å². The van der Waals surface area contributed by atoms with E-state index in [1.54, 1.807) is 16.9 Å². The van der Waals surface area contributed by atoms with E-state index in [1.807, 2.05) is 63.2 Å². The van der Waals surface area contributed by atoms with Gasteiger partial charge >= 0.3 is 0 Å². The number of halogens is 1. The molecule has 0 atom stereocenters. The van der Waals surface area contributed by atoms with E-state index in [2.05, 4.69) is 10.4 Å². The third-order valence-corrected chi connectivity index (χ3v) is 4.67. The zero-order valence-electron chi connectivity index (χ0n) is 16.3. The van der Waals surface area contributed by atoms with Crippen molar-refractivity contribution in [3.05, 3.63) is 82.1 Å². The van der Waals surface area contributed by atoms with E-state index in [4.69, 9.17) is 16.3 Å². The van der Waals surface area contributed by atoms with Gasteiger partial charge in [-0.25, -0.2) is 4.68 Å². The van der Waals surface area contributed by atoms with Gasteiger partial charge in [-0.2, -0.15) is 5.10 Å². The molecule has 0 fully saturated rings. The first-order valence-electron chi connectivity index (χ1n) is 9.23. The molecule has 0 spiro atoms. The number of ether oxygens (including phenoxy) is 1. The van der Waals surface area contributed by atoms with Crippen LogP contribution in [0.4, 0.5) is 0 Å². The van der Waals surface area contributed by atoms with Crippen LogP contribution in [-0.2, 0) is 17.9 Å². The predicted molar refractivity (Wildman–Crippen MR) is 111 cm³/mol. The van der Waals surface area contributed by atoms with Crippen LogP contribution in [0.3, 0.4) is 0 Å². The SMILES string of the molecule is Cc1c(C(=O)NCc2ccccc2COC(C)C)cnn1-c1cccc(Cl)c1. The fourth-order valence-electron chi connectivity index (χ4n) is 2.90. The van der Waals surface area contributed by atoms with Crippen molar-refractivity contribution in [1.29, 1.82) is 0 Å². The molecule has 0 aliphatic rings. The van der Waals surface area contributed by atoms with Crippen molar-refractivity contribution in [2.24, 2.45) is 0 Å². The maximum Gasteiger partial charge on any atom is 0.255 e. The number of benzene rings is 2. The molecule has 0 aliphatic heterocycles.